The molecule has 2 atom stereocenters. The van der Waals surface area contributed by atoms with Crippen molar-refractivity contribution in [2.24, 2.45) is 5.92 Å². The summed E-state index contributed by atoms with van der Waals surface area (Å²) in [6, 6.07) is 16.2. The fourth-order valence-electron chi connectivity index (χ4n) is 5.15. The van der Waals surface area contributed by atoms with Crippen LogP contribution in [0.1, 0.15) is 39.5 Å². The normalized spacial score (nSPS) is 18.7. The van der Waals surface area contributed by atoms with Gasteiger partial charge in [0.1, 0.15) is 0 Å². The summed E-state index contributed by atoms with van der Waals surface area (Å²) in [5.41, 5.74) is 5.37. The number of fused-ring (bicyclic) bond motifs is 1. The Morgan fingerprint density at radius 1 is 1.03 bits per heavy atom. The van der Waals surface area contributed by atoms with Crippen LogP contribution in [0.5, 0.6) is 0 Å². The molecule has 1 N–H and O–H groups in total. The van der Waals surface area contributed by atoms with Crippen molar-refractivity contribution in [2.45, 2.75) is 26.3 Å². The maximum atomic E-state index is 13.2. The van der Waals surface area contributed by atoms with Crippen molar-refractivity contribution in [3.8, 4) is 0 Å². The molecule has 1 unspecified atom stereocenters. The van der Waals surface area contributed by atoms with Gasteiger partial charge < -0.3 is 15.1 Å². The van der Waals surface area contributed by atoms with Crippen molar-refractivity contribution in [3.05, 3.63) is 82.6 Å². The summed E-state index contributed by atoms with van der Waals surface area (Å²) in [7, 11) is 3.81. The molecule has 0 radical (unpaired) electrons. The third-order valence-corrected chi connectivity index (χ3v) is 6.83. The molecule has 1 saturated heterocycles. The van der Waals surface area contributed by atoms with E-state index in [9.17, 15) is 9.59 Å². The van der Waals surface area contributed by atoms with Crippen molar-refractivity contribution in [2.75, 3.05) is 46.8 Å². The van der Waals surface area contributed by atoms with Crippen LogP contribution in [-0.2, 0) is 4.79 Å². The molecule has 180 valence electrons. The summed E-state index contributed by atoms with van der Waals surface area (Å²) in [5.74, 6) is 0.545. The van der Waals surface area contributed by atoms with E-state index < -0.39 is 0 Å². The van der Waals surface area contributed by atoms with Gasteiger partial charge in [0.15, 0.2) is 0 Å². The molecule has 2 aliphatic rings. The molecule has 34 heavy (non-hydrogen) atoms. The third-order valence-electron chi connectivity index (χ3n) is 6.83. The monoisotopic (exact) mass is 460 g/mol. The Morgan fingerprint density at radius 2 is 1.74 bits per heavy atom. The van der Waals surface area contributed by atoms with E-state index in [1.165, 1.54) is 5.57 Å². The lowest BCUT2D eigenvalue weighted by atomic mass is 10.0. The Labute approximate surface area is 203 Å². The van der Waals surface area contributed by atoms with Gasteiger partial charge in [-0.05, 0) is 56.6 Å². The van der Waals surface area contributed by atoms with Crippen LogP contribution in [0.3, 0.4) is 0 Å². The Hall–Kier alpha value is -2.96. The second-order valence-electron chi connectivity index (χ2n) is 9.92. The first-order valence-corrected chi connectivity index (χ1v) is 12.1. The zero-order valence-corrected chi connectivity index (χ0v) is 20.8. The number of likely N-dealkylation sites (tertiary alicyclic amines) is 1. The van der Waals surface area contributed by atoms with Crippen LogP contribution >= 0.6 is 0 Å². The van der Waals surface area contributed by atoms with Gasteiger partial charge >= 0.3 is 0 Å². The van der Waals surface area contributed by atoms with Gasteiger partial charge in [-0.1, -0.05) is 48.5 Å². The van der Waals surface area contributed by atoms with E-state index >= 15 is 0 Å². The summed E-state index contributed by atoms with van der Waals surface area (Å²) < 4.78 is 0. The molecule has 2 aliphatic heterocycles. The lowest BCUT2D eigenvalue weighted by Crippen LogP contribution is -2.37. The number of carbonyl (C=O) groups excluding carboxylic acids is 2. The Kier molecular flexibility index (Phi) is 7.49. The van der Waals surface area contributed by atoms with Crippen molar-refractivity contribution in [1.29, 1.82) is 0 Å². The van der Waals surface area contributed by atoms with E-state index in [2.05, 4.69) is 28.5 Å². The molecule has 2 amide bonds. The van der Waals surface area contributed by atoms with E-state index in [0.717, 1.165) is 54.9 Å². The van der Waals surface area contributed by atoms with E-state index in [-0.39, 0.29) is 17.9 Å². The van der Waals surface area contributed by atoms with Crippen molar-refractivity contribution in [3.63, 3.8) is 0 Å². The summed E-state index contributed by atoms with van der Waals surface area (Å²) in [6.45, 7) is 7.88. The fourth-order valence-corrected chi connectivity index (χ4v) is 5.15. The van der Waals surface area contributed by atoms with Crippen LogP contribution in [0.15, 0.2) is 60.3 Å². The molecule has 1 fully saturated rings. The van der Waals surface area contributed by atoms with Crippen LogP contribution < -0.4 is 5.32 Å². The number of nitrogens with one attached hydrogen (secondary N) is 1. The molecule has 0 bridgehead atoms. The number of hydrogen-bond donors (Lipinski definition) is 1. The first kappa shape index (κ1) is 24.2. The number of carbonyl (C=O) groups is 2. The first-order chi connectivity index (χ1) is 16.3. The topological polar surface area (TPSA) is 55.9 Å². The summed E-state index contributed by atoms with van der Waals surface area (Å²) in [4.78, 5) is 31.9. The smallest absolute Gasteiger partial charge is 0.258 e. The third kappa shape index (κ3) is 5.57. The number of likely N-dealkylation sites (N-methyl/N-ethyl adjacent to an activating group) is 1. The van der Waals surface area contributed by atoms with Crippen molar-refractivity contribution in [1.82, 2.24) is 20.0 Å². The van der Waals surface area contributed by atoms with Gasteiger partial charge in [0.2, 0.25) is 5.91 Å². The molecular weight excluding hydrogens is 424 g/mol. The number of nitrogens with zero attached hydrogens (tertiary/aromatic N) is 3. The molecule has 0 saturated carbocycles. The van der Waals surface area contributed by atoms with E-state index in [0.29, 0.717) is 12.5 Å². The minimum atomic E-state index is -0.00909. The second kappa shape index (κ2) is 10.5. The molecule has 2 heterocycles. The first-order valence-electron chi connectivity index (χ1n) is 12.1. The zero-order valence-electron chi connectivity index (χ0n) is 20.8. The lowest BCUT2D eigenvalue weighted by Gasteiger charge is -2.24. The molecule has 2 aromatic rings. The molecule has 0 aliphatic carbocycles. The highest BCUT2D eigenvalue weighted by Gasteiger charge is 2.36. The molecule has 0 aromatic heterocycles. The Bertz CT molecular complexity index is 1040. The van der Waals surface area contributed by atoms with Gasteiger partial charge in [-0.2, -0.15) is 0 Å². The Morgan fingerprint density at radius 3 is 2.38 bits per heavy atom. The number of aryl methyl sites for hydroxylation is 2. The second-order valence-corrected chi connectivity index (χ2v) is 9.92. The average molecular weight is 461 g/mol. The van der Waals surface area contributed by atoms with Gasteiger partial charge in [-0.25, -0.2) is 0 Å². The van der Waals surface area contributed by atoms with E-state index in [1.807, 2.05) is 74.1 Å². The number of rotatable bonds is 8. The molecule has 4 rings (SSSR count). The van der Waals surface area contributed by atoms with Crippen molar-refractivity contribution < 1.29 is 9.59 Å². The minimum absolute atomic E-state index is 0.00909. The van der Waals surface area contributed by atoms with E-state index in [1.54, 1.807) is 0 Å². The predicted molar refractivity (Wildman–Crippen MR) is 135 cm³/mol. The van der Waals surface area contributed by atoms with Crippen LogP contribution in [-0.4, -0.2) is 73.3 Å². The van der Waals surface area contributed by atoms with Gasteiger partial charge in [0.05, 0.1) is 12.6 Å². The molecule has 2 aromatic carbocycles. The number of benzene rings is 2. The predicted octanol–water partition coefficient (Wildman–Crippen LogP) is 3.38. The van der Waals surface area contributed by atoms with Crippen LogP contribution in [0.25, 0.3) is 0 Å². The SMILES string of the molecule is Cc1cccc(C)c1C(=O)N1C=C2CN(CC[C@H](NC(=O)CN(C)C)c3ccccc3)CC2C1. The number of amides is 2. The summed E-state index contributed by atoms with van der Waals surface area (Å²) in [6.07, 6.45) is 2.93. The van der Waals surface area contributed by atoms with Gasteiger partial charge in [-0.3, -0.25) is 14.5 Å². The summed E-state index contributed by atoms with van der Waals surface area (Å²) >= 11 is 0. The quantitative estimate of drug-likeness (QED) is 0.656. The van der Waals surface area contributed by atoms with Crippen LogP contribution in [0.4, 0.5) is 0 Å². The van der Waals surface area contributed by atoms with Gasteiger partial charge in [-0.15, -0.1) is 0 Å². The van der Waals surface area contributed by atoms with Crippen LogP contribution in [0, 0.1) is 19.8 Å². The minimum Gasteiger partial charge on any atom is -0.348 e. The highest BCUT2D eigenvalue weighted by molar-refractivity contribution is 5.98. The summed E-state index contributed by atoms with van der Waals surface area (Å²) in [5, 5.41) is 3.21. The molecule has 6 nitrogen and oxygen atoms in total. The maximum absolute atomic E-state index is 13.2. The molecule has 0 spiro atoms. The van der Waals surface area contributed by atoms with Crippen molar-refractivity contribution >= 4 is 11.8 Å². The lowest BCUT2D eigenvalue weighted by molar-refractivity contribution is -0.122. The standard InChI is InChI=1S/C28H36N4O2/c1-20-9-8-10-21(2)27(20)28(34)32-17-23-15-31(16-24(23)18-32)14-13-25(22-11-6-5-7-12-22)29-26(33)19-30(3)4/h5-12,17,24-25H,13-16,18-19H2,1-4H3,(H,29,33)/t24?,25-/m0/s1. The molecular formula is C28H36N4O2. The highest BCUT2D eigenvalue weighted by atomic mass is 16.2. The largest absolute Gasteiger partial charge is 0.348 e. The Balaban J connectivity index is 1.37. The van der Waals surface area contributed by atoms with Gasteiger partial charge in [0, 0.05) is 43.9 Å². The number of hydrogen-bond acceptors (Lipinski definition) is 4. The average Bonchev–Trinajstić information content (AvgIpc) is 3.35. The van der Waals surface area contributed by atoms with Crippen LogP contribution in [0.2, 0.25) is 0 Å². The van der Waals surface area contributed by atoms with E-state index in [4.69, 9.17) is 0 Å². The maximum Gasteiger partial charge on any atom is 0.258 e. The highest BCUT2D eigenvalue weighted by Crippen LogP contribution is 2.32. The zero-order chi connectivity index (χ0) is 24.2. The molecule has 6 heteroatoms. The fraction of sp³-hybridized carbons (Fsp3) is 0.429. The van der Waals surface area contributed by atoms with Gasteiger partial charge in [0.25, 0.3) is 5.91 Å².